The van der Waals surface area contributed by atoms with Crippen LogP contribution >= 0.6 is 12.4 Å². The van der Waals surface area contributed by atoms with Gasteiger partial charge in [0.05, 0.1) is 4.92 Å². The van der Waals surface area contributed by atoms with Crippen LogP contribution in [0.2, 0.25) is 0 Å². The highest BCUT2D eigenvalue weighted by Crippen LogP contribution is 2.42. The molecule has 0 aromatic heterocycles. The van der Waals surface area contributed by atoms with Gasteiger partial charge in [0.1, 0.15) is 6.04 Å². The summed E-state index contributed by atoms with van der Waals surface area (Å²) in [6.45, 7) is -1.20. The number of hydrogen-bond donors (Lipinski definition) is 3. The van der Waals surface area contributed by atoms with Gasteiger partial charge in [0.2, 0.25) is 5.75 Å². The number of aromatic hydroxyl groups is 2. The van der Waals surface area contributed by atoms with Crippen molar-refractivity contribution < 1.29 is 33.4 Å². The third-order valence-electron chi connectivity index (χ3n) is 2.70. The molecule has 1 aromatic rings. The first-order chi connectivity index (χ1) is 9.22. The number of carbonyl (C=O) groups excluding carboxylic acids is 1. The van der Waals surface area contributed by atoms with Gasteiger partial charge in [-0.1, -0.05) is 0 Å². The fraction of sp³-hybridized carbons (Fsp3) is 0.300. The van der Waals surface area contributed by atoms with Gasteiger partial charge in [0, 0.05) is 6.07 Å². The predicted molar refractivity (Wildman–Crippen MR) is 65.8 cm³/mol. The lowest BCUT2D eigenvalue weighted by molar-refractivity contribution is -0.386. The standard InChI is InChI=1S/C10H8F2N2O6.ClH/c11-10(12)3-20-9(17)13-8(10)4-1-5(14(18)19)7(16)6(15)2-4;/h1-2,8,15-16H,3H2,(H,13,17);1H/t8-;/m0./s1. The second-order valence-corrected chi connectivity index (χ2v) is 4.08. The number of nitrogens with one attached hydrogen (secondary N) is 1. The van der Waals surface area contributed by atoms with E-state index in [0.717, 1.165) is 0 Å². The molecule has 0 aliphatic carbocycles. The van der Waals surface area contributed by atoms with Gasteiger partial charge in [-0.3, -0.25) is 10.1 Å². The predicted octanol–water partition coefficient (Wildman–Crippen LogP) is 1.84. The maximum absolute atomic E-state index is 13.6. The molecule has 0 unspecified atom stereocenters. The number of nitro groups is 1. The Hall–Kier alpha value is -2.36. The highest BCUT2D eigenvalue weighted by atomic mass is 35.5. The molecule has 2 rings (SSSR count). The maximum atomic E-state index is 13.6. The van der Waals surface area contributed by atoms with E-state index in [9.17, 15) is 33.9 Å². The number of halogens is 3. The second-order valence-electron chi connectivity index (χ2n) is 4.08. The van der Waals surface area contributed by atoms with Crippen LogP contribution in [0, 0.1) is 10.1 Å². The minimum Gasteiger partial charge on any atom is -0.504 e. The van der Waals surface area contributed by atoms with Crippen LogP contribution in [0.3, 0.4) is 0 Å². The number of cyclic esters (lactones) is 1. The number of alkyl halides is 2. The van der Waals surface area contributed by atoms with Crippen LogP contribution in [0.4, 0.5) is 19.3 Å². The molecule has 11 heteroatoms. The van der Waals surface area contributed by atoms with Crippen LogP contribution in [-0.4, -0.2) is 33.8 Å². The Morgan fingerprint density at radius 1 is 1.43 bits per heavy atom. The fourth-order valence-electron chi connectivity index (χ4n) is 1.77. The van der Waals surface area contributed by atoms with Crippen molar-refractivity contribution in [2.45, 2.75) is 12.0 Å². The van der Waals surface area contributed by atoms with E-state index in [1.165, 1.54) is 0 Å². The molecule has 1 saturated heterocycles. The first-order valence-corrected chi connectivity index (χ1v) is 5.24. The molecule has 3 N–H and O–H groups in total. The second kappa shape index (κ2) is 5.56. The average molecular weight is 327 g/mol. The number of amides is 1. The Kier molecular flexibility index (Phi) is 4.42. The van der Waals surface area contributed by atoms with Crippen LogP contribution in [-0.2, 0) is 4.74 Å². The molecule has 1 aliphatic rings. The normalized spacial score (nSPS) is 19.9. The quantitative estimate of drug-likeness (QED) is 0.433. The van der Waals surface area contributed by atoms with Gasteiger partial charge in [0.15, 0.2) is 12.4 Å². The van der Waals surface area contributed by atoms with Gasteiger partial charge < -0.3 is 20.3 Å². The zero-order chi connectivity index (χ0) is 15.1. The number of phenols is 2. The molecular weight excluding hydrogens is 318 g/mol. The molecule has 1 heterocycles. The van der Waals surface area contributed by atoms with Crippen LogP contribution in [0.25, 0.3) is 0 Å². The minimum atomic E-state index is -3.52. The summed E-state index contributed by atoms with van der Waals surface area (Å²) in [5.74, 6) is -5.50. The largest absolute Gasteiger partial charge is 0.504 e. The summed E-state index contributed by atoms with van der Waals surface area (Å²) < 4.78 is 31.4. The van der Waals surface area contributed by atoms with Crippen molar-refractivity contribution in [3.8, 4) is 11.5 Å². The Morgan fingerprint density at radius 3 is 2.62 bits per heavy atom. The summed E-state index contributed by atoms with van der Waals surface area (Å²) in [5, 5.41) is 31.1. The number of hydrogen-bond acceptors (Lipinski definition) is 6. The first-order valence-electron chi connectivity index (χ1n) is 5.24. The van der Waals surface area contributed by atoms with Crippen molar-refractivity contribution in [2.24, 2.45) is 0 Å². The Labute approximate surface area is 121 Å². The van der Waals surface area contributed by atoms with Crippen molar-refractivity contribution in [3.63, 3.8) is 0 Å². The van der Waals surface area contributed by atoms with Crippen LogP contribution in [0.5, 0.6) is 11.5 Å². The third kappa shape index (κ3) is 3.05. The summed E-state index contributed by atoms with van der Waals surface area (Å²) >= 11 is 0. The molecule has 1 fully saturated rings. The molecule has 116 valence electrons. The lowest BCUT2D eigenvalue weighted by atomic mass is 9.99. The monoisotopic (exact) mass is 326 g/mol. The van der Waals surface area contributed by atoms with Crippen molar-refractivity contribution in [1.82, 2.24) is 5.32 Å². The molecule has 0 bridgehead atoms. The zero-order valence-electron chi connectivity index (χ0n) is 10.1. The molecule has 8 nitrogen and oxygen atoms in total. The summed E-state index contributed by atoms with van der Waals surface area (Å²) in [7, 11) is 0. The minimum absolute atomic E-state index is 0. The highest BCUT2D eigenvalue weighted by Gasteiger charge is 2.47. The van der Waals surface area contributed by atoms with Gasteiger partial charge in [-0.2, -0.15) is 0 Å². The number of rotatable bonds is 2. The molecule has 21 heavy (non-hydrogen) atoms. The van der Waals surface area contributed by atoms with Crippen molar-refractivity contribution in [1.29, 1.82) is 0 Å². The molecule has 0 saturated carbocycles. The van der Waals surface area contributed by atoms with Crippen LogP contribution in [0.15, 0.2) is 12.1 Å². The SMILES string of the molecule is Cl.O=C1N[C@@H](c2cc(O)c(O)c([N+](=O)[O-])c2)C(F)(F)CO1. The fourth-order valence-corrected chi connectivity index (χ4v) is 1.77. The molecule has 0 spiro atoms. The van der Waals surface area contributed by atoms with E-state index in [1.807, 2.05) is 5.32 Å². The van der Waals surface area contributed by atoms with E-state index in [0.29, 0.717) is 12.1 Å². The number of nitro benzene ring substituents is 1. The average Bonchev–Trinajstić information content (AvgIpc) is 2.35. The van der Waals surface area contributed by atoms with Gasteiger partial charge in [0.25, 0.3) is 0 Å². The maximum Gasteiger partial charge on any atom is 0.408 e. The number of nitrogens with zero attached hydrogens (tertiary/aromatic N) is 1. The number of phenolic OH excluding ortho intramolecular Hbond substituents is 2. The summed E-state index contributed by atoms with van der Waals surface area (Å²) in [5.41, 5.74) is -1.37. The van der Waals surface area contributed by atoms with Crippen LogP contribution < -0.4 is 5.32 Å². The topological polar surface area (TPSA) is 122 Å². The van der Waals surface area contributed by atoms with Gasteiger partial charge in [-0.05, 0) is 11.6 Å². The number of ether oxygens (including phenoxy) is 1. The van der Waals surface area contributed by atoms with Crippen LogP contribution in [0.1, 0.15) is 11.6 Å². The number of carbonyl (C=O) groups is 1. The van der Waals surface area contributed by atoms with Crippen molar-refractivity contribution >= 4 is 24.2 Å². The van der Waals surface area contributed by atoms with Gasteiger partial charge >= 0.3 is 17.7 Å². The summed E-state index contributed by atoms with van der Waals surface area (Å²) in [6, 6.07) is -0.542. The van der Waals surface area contributed by atoms with E-state index in [2.05, 4.69) is 4.74 Å². The Bertz CT molecular complexity index is 597. The van der Waals surface area contributed by atoms with Crippen molar-refractivity contribution in [2.75, 3.05) is 6.61 Å². The number of benzene rings is 1. The van der Waals surface area contributed by atoms with Gasteiger partial charge in [-0.25, -0.2) is 13.6 Å². The van der Waals surface area contributed by atoms with E-state index in [4.69, 9.17) is 0 Å². The summed E-state index contributed by atoms with van der Waals surface area (Å²) in [6.07, 6.45) is -1.11. The smallest absolute Gasteiger partial charge is 0.408 e. The van der Waals surface area contributed by atoms with Crippen molar-refractivity contribution in [3.05, 3.63) is 27.8 Å². The Balaban J connectivity index is 0.00000220. The molecular formula is C10H9ClF2N2O6. The molecule has 1 aliphatic heterocycles. The third-order valence-corrected chi connectivity index (χ3v) is 2.70. The highest BCUT2D eigenvalue weighted by molar-refractivity contribution is 5.85. The van der Waals surface area contributed by atoms with E-state index in [1.54, 1.807) is 0 Å². The van der Waals surface area contributed by atoms with E-state index in [-0.39, 0.29) is 12.4 Å². The molecule has 0 radical (unpaired) electrons. The van der Waals surface area contributed by atoms with E-state index >= 15 is 0 Å². The lowest BCUT2D eigenvalue weighted by Crippen LogP contribution is -2.49. The molecule has 1 amide bonds. The summed E-state index contributed by atoms with van der Waals surface area (Å²) in [4.78, 5) is 20.6. The lowest BCUT2D eigenvalue weighted by Gasteiger charge is -2.31. The number of alkyl carbamates (subject to hydrolysis) is 1. The molecule has 1 aromatic carbocycles. The molecule has 1 atom stereocenters. The first kappa shape index (κ1) is 16.7. The van der Waals surface area contributed by atoms with E-state index < -0.39 is 52.3 Å². The van der Waals surface area contributed by atoms with Gasteiger partial charge in [-0.15, -0.1) is 12.4 Å². The zero-order valence-corrected chi connectivity index (χ0v) is 10.9. The Morgan fingerprint density at radius 2 is 2.05 bits per heavy atom.